The molecule has 0 spiro atoms. The normalized spacial score (nSPS) is 27.7. The summed E-state index contributed by atoms with van der Waals surface area (Å²) in [6, 6.07) is 2.23. The Bertz CT molecular complexity index is 1200. The maximum atomic E-state index is 13.9. The molecule has 4 atom stereocenters. The Kier molecular flexibility index (Phi) is 6.72. The zero-order valence-electron chi connectivity index (χ0n) is 20.9. The van der Waals surface area contributed by atoms with Crippen LogP contribution in [0.2, 0.25) is 0 Å². The summed E-state index contributed by atoms with van der Waals surface area (Å²) in [6.45, 7) is 0.783. The highest BCUT2D eigenvalue weighted by Crippen LogP contribution is 2.53. The number of ketones is 2. The van der Waals surface area contributed by atoms with Crippen LogP contribution in [0.15, 0.2) is 29.0 Å². The maximum Gasteiger partial charge on any atom is 0.258 e. The van der Waals surface area contributed by atoms with E-state index in [0.717, 1.165) is 24.1 Å². The van der Waals surface area contributed by atoms with E-state index in [1.807, 2.05) is 7.05 Å². The number of aliphatic hydroxyl groups is 3. The van der Waals surface area contributed by atoms with Crippen LogP contribution in [0.25, 0.3) is 5.76 Å². The van der Waals surface area contributed by atoms with Gasteiger partial charge in [0.25, 0.3) is 5.91 Å². The number of fused-ring (bicyclic) bond motifs is 3. The van der Waals surface area contributed by atoms with Gasteiger partial charge in [0.05, 0.1) is 11.6 Å². The van der Waals surface area contributed by atoms with Crippen molar-refractivity contribution in [3.05, 3.63) is 45.7 Å². The van der Waals surface area contributed by atoms with Crippen LogP contribution in [-0.4, -0.2) is 89.2 Å². The van der Waals surface area contributed by atoms with E-state index in [0.29, 0.717) is 12.8 Å². The zero-order valence-corrected chi connectivity index (χ0v) is 20.9. The minimum absolute atomic E-state index is 0.104. The second kappa shape index (κ2) is 9.34. The SMILES string of the molecule is CNCCCc1ccc(O)c2c1C[C@H]1C[C@H]3[C@H](N(C)C)C(=O)C(C(=O)NC)=C(O)[C@@]3(O)C(=O)C1=C2O. The number of benzene rings is 1. The van der Waals surface area contributed by atoms with Crippen LogP contribution in [0, 0.1) is 11.8 Å². The third kappa shape index (κ3) is 3.63. The summed E-state index contributed by atoms with van der Waals surface area (Å²) in [5, 5.41) is 50.0. The van der Waals surface area contributed by atoms with Gasteiger partial charge in [-0.3, -0.25) is 19.3 Å². The van der Waals surface area contributed by atoms with E-state index >= 15 is 0 Å². The molecule has 0 bridgehead atoms. The average molecular weight is 500 g/mol. The summed E-state index contributed by atoms with van der Waals surface area (Å²) in [5.74, 6) is -5.81. The van der Waals surface area contributed by atoms with Gasteiger partial charge in [-0.2, -0.15) is 0 Å². The number of nitrogens with one attached hydrogen (secondary N) is 2. The molecule has 4 rings (SSSR count). The molecule has 1 saturated carbocycles. The molecule has 1 amide bonds. The fourth-order valence-electron chi connectivity index (χ4n) is 6.10. The molecule has 10 nitrogen and oxygen atoms in total. The van der Waals surface area contributed by atoms with E-state index in [4.69, 9.17) is 0 Å². The topological polar surface area (TPSA) is 159 Å². The number of aromatic hydroxyl groups is 1. The van der Waals surface area contributed by atoms with Crippen molar-refractivity contribution in [3.63, 3.8) is 0 Å². The Morgan fingerprint density at radius 2 is 1.86 bits per heavy atom. The van der Waals surface area contributed by atoms with Crippen molar-refractivity contribution < 1.29 is 34.8 Å². The standard InChI is InChI=1S/C26H33N3O7/c1-27-9-5-6-12-7-8-16(30)18-14(12)10-13-11-15-20(29(3)4)22(32)19(25(35)28-2)24(34)26(15,36)23(33)17(13)21(18)31/h7-8,13,15,20,27,30-31,34,36H,5-6,9-11H2,1-4H3,(H,28,35)/t13-,15-,20-,26-/m0/s1. The fraction of sp³-hybridized carbons (Fsp3) is 0.500. The zero-order chi connectivity index (χ0) is 26.5. The van der Waals surface area contributed by atoms with Gasteiger partial charge in [-0.1, -0.05) is 6.07 Å². The van der Waals surface area contributed by atoms with Crippen LogP contribution >= 0.6 is 0 Å². The van der Waals surface area contributed by atoms with Gasteiger partial charge in [0.1, 0.15) is 22.8 Å². The number of amides is 1. The first-order valence-electron chi connectivity index (χ1n) is 12.1. The fourth-order valence-corrected chi connectivity index (χ4v) is 6.10. The van der Waals surface area contributed by atoms with E-state index in [1.54, 1.807) is 20.2 Å². The number of hydrogen-bond acceptors (Lipinski definition) is 9. The van der Waals surface area contributed by atoms with Gasteiger partial charge in [0.2, 0.25) is 5.78 Å². The molecule has 1 aromatic rings. The number of nitrogens with zero attached hydrogens (tertiary/aromatic N) is 1. The molecule has 10 heteroatoms. The highest BCUT2D eigenvalue weighted by molar-refractivity contribution is 6.24. The van der Waals surface area contributed by atoms with Gasteiger partial charge >= 0.3 is 0 Å². The summed E-state index contributed by atoms with van der Waals surface area (Å²) in [5.41, 5.74) is -1.56. The number of aliphatic hydroxyl groups excluding tert-OH is 2. The summed E-state index contributed by atoms with van der Waals surface area (Å²) in [6.07, 6.45) is 1.94. The van der Waals surface area contributed by atoms with Gasteiger partial charge < -0.3 is 31.1 Å². The number of rotatable bonds is 6. The summed E-state index contributed by atoms with van der Waals surface area (Å²) >= 11 is 0. The van der Waals surface area contributed by atoms with Crippen molar-refractivity contribution in [2.45, 2.75) is 37.3 Å². The van der Waals surface area contributed by atoms with Crippen LogP contribution in [0.3, 0.4) is 0 Å². The van der Waals surface area contributed by atoms with E-state index in [9.17, 15) is 34.8 Å². The summed E-state index contributed by atoms with van der Waals surface area (Å²) in [4.78, 5) is 41.2. The molecule has 3 aliphatic carbocycles. The Hall–Kier alpha value is -3.21. The van der Waals surface area contributed by atoms with Gasteiger partial charge in [-0.25, -0.2) is 0 Å². The molecule has 36 heavy (non-hydrogen) atoms. The van der Waals surface area contributed by atoms with E-state index in [2.05, 4.69) is 10.6 Å². The van der Waals surface area contributed by atoms with Crippen molar-refractivity contribution in [1.29, 1.82) is 0 Å². The van der Waals surface area contributed by atoms with Crippen molar-refractivity contribution in [2.75, 3.05) is 34.7 Å². The number of carbonyl (C=O) groups is 3. The molecular weight excluding hydrogens is 466 g/mol. The number of phenols is 1. The molecule has 6 N–H and O–H groups in total. The average Bonchev–Trinajstić information content (AvgIpc) is 2.82. The lowest BCUT2D eigenvalue weighted by Gasteiger charge is -2.50. The molecule has 0 aliphatic heterocycles. The first-order valence-corrected chi connectivity index (χ1v) is 12.1. The van der Waals surface area contributed by atoms with Crippen LogP contribution in [0.5, 0.6) is 5.75 Å². The van der Waals surface area contributed by atoms with Gasteiger partial charge in [-0.15, -0.1) is 0 Å². The molecule has 0 saturated heterocycles. The maximum absolute atomic E-state index is 13.9. The minimum atomic E-state index is -2.58. The lowest BCUT2D eigenvalue weighted by atomic mass is 9.57. The monoisotopic (exact) mass is 499 g/mol. The predicted octanol–water partition coefficient (Wildman–Crippen LogP) is 0.377. The van der Waals surface area contributed by atoms with Gasteiger partial charge in [-0.05, 0) is 76.5 Å². The van der Waals surface area contributed by atoms with E-state index in [-0.39, 0.29) is 23.3 Å². The van der Waals surface area contributed by atoms with Crippen molar-refractivity contribution in [1.82, 2.24) is 15.5 Å². The molecule has 3 aliphatic rings. The van der Waals surface area contributed by atoms with Gasteiger partial charge in [0, 0.05) is 18.5 Å². The molecule has 1 aromatic carbocycles. The number of aryl methyl sites for hydroxylation is 1. The second-order valence-corrected chi connectivity index (χ2v) is 9.98. The molecule has 0 heterocycles. The smallest absolute Gasteiger partial charge is 0.258 e. The predicted molar refractivity (Wildman–Crippen MR) is 131 cm³/mol. The molecule has 194 valence electrons. The second-order valence-electron chi connectivity index (χ2n) is 9.98. The van der Waals surface area contributed by atoms with Crippen LogP contribution in [-0.2, 0) is 27.2 Å². The van der Waals surface area contributed by atoms with E-state index < -0.39 is 58.0 Å². The number of likely N-dealkylation sites (N-methyl/N-ethyl adjacent to an activating group) is 2. The molecule has 0 aromatic heterocycles. The third-order valence-electron chi connectivity index (χ3n) is 7.78. The highest BCUT2D eigenvalue weighted by Gasteiger charge is 2.64. The quantitative estimate of drug-likeness (QED) is 0.240. The molecule has 0 radical (unpaired) electrons. The Morgan fingerprint density at radius 1 is 1.17 bits per heavy atom. The van der Waals surface area contributed by atoms with Crippen molar-refractivity contribution in [2.24, 2.45) is 11.8 Å². The summed E-state index contributed by atoms with van der Waals surface area (Å²) < 4.78 is 0. The lowest BCUT2D eigenvalue weighted by molar-refractivity contribution is -0.153. The van der Waals surface area contributed by atoms with Gasteiger partial charge in [0.15, 0.2) is 11.4 Å². The van der Waals surface area contributed by atoms with E-state index in [1.165, 1.54) is 18.0 Å². The highest BCUT2D eigenvalue weighted by atomic mass is 16.3. The Balaban J connectivity index is 1.91. The number of phenolic OH excluding ortho intramolecular Hbond substituents is 1. The molecular formula is C26H33N3O7. The largest absolute Gasteiger partial charge is 0.508 e. The Labute approximate surface area is 209 Å². The minimum Gasteiger partial charge on any atom is -0.508 e. The van der Waals surface area contributed by atoms with Crippen LogP contribution in [0.4, 0.5) is 0 Å². The van der Waals surface area contributed by atoms with Crippen molar-refractivity contribution in [3.8, 4) is 5.75 Å². The lowest BCUT2D eigenvalue weighted by Crippen LogP contribution is -2.65. The number of Topliss-reactive ketones (excluding diaryl/α,β-unsaturated/α-hetero) is 2. The number of carbonyl (C=O) groups excluding carboxylic acids is 3. The van der Waals surface area contributed by atoms with Crippen LogP contribution < -0.4 is 10.6 Å². The number of hydrogen-bond donors (Lipinski definition) is 6. The molecule has 0 unspecified atom stereocenters. The van der Waals surface area contributed by atoms with Crippen LogP contribution in [0.1, 0.15) is 29.5 Å². The third-order valence-corrected chi connectivity index (χ3v) is 7.78. The molecule has 1 fully saturated rings. The summed E-state index contributed by atoms with van der Waals surface area (Å²) in [7, 11) is 6.34. The first-order chi connectivity index (χ1) is 17.0. The Morgan fingerprint density at radius 3 is 2.47 bits per heavy atom. The first kappa shape index (κ1) is 25.9. The van der Waals surface area contributed by atoms with Crippen molar-refractivity contribution >= 4 is 23.2 Å².